The highest BCUT2D eigenvalue weighted by Gasteiger charge is 2.42. The van der Waals surface area contributed by atoms with Crippen LogP contribution in [0.1, 0.15) is 39.3 Å². The van der Waals surface area contributed by atoms with Crippen molar-refractivity contribution in [2.45, 2.75) is 45.4 Å². The van der Waals surface area contributed by atoms with Crippen molar-refractivity contribution >= 4 is 17.8 Å². The molecule has 0 spiro atoms. The molecule has 0 N–H and O–H groups in total. The van der Waals surface area contributed by atoms with Gasteiger partial charge in [-0.3, -0.25) is 9.78 Å². The molecule has 10 nitrogen and oxygen atoms in total. The van der Waals surface area contributed by atoms with Crippen molar-refractivity contribution < 1.29 is 27.5 Å². The Morgan fingerprint density at radius 1 is 1.14 bits per heavy atom. The molecule has 1 aliphatic heterocycles. The number of hydrogen-bond donors (Lipinski definition) is 0. The largest absolute Gasteiger partial charge is 0.444 e. The number of piperidine rings is 1. The van der Waals surface area contributed by atoms with Crippen molar-refractivity contribution in [1.29, 1.82) is 0 Å². The van der Waals surface area contributed by atoms with Gasteiger partial charge in [-0.05, 0) is 63.9 Å². The molecule has 1 aliphatic rings. The average molecular weight is 518 g/mol. The van der Waals surface area contributed by atoms with E-state index in [4.69, 9.17) is 4.74 Å². The van der Waals surface area contributed by atoms with Crippen LogP contribution in [0, 0.1) is 5.92 Å². The zero-order chi connectivity index (χ0) is 26.8. The Kier molecular flexibility index (Phi) is 7.14. The van der Waals surface area contributed by atoms with Crippen molar-refractivity contribution in [1.82, 2.24) is 30.0 Å². The lowest BCUT2D eigenvalue weighted by atomic mass is 9.97. The van der Waals surface area contributed by atoms with Gasteiger partial charge in [-0.15, -0.1) is 5.10 Å². The molecule has 0 aliphatic carbocycles. The lowest BCUT2D eigenvalue weighted by molar-refractivity contribution is -0.144. The Morgan fingerprint density at radius 3 is 2.51 bits per heavy atom. The zero-order valence-corrected chi connectivity index (χ0v) is 20.5. The van der Waals surface area contributed by atoms with Gasteiger partial charge >= 0.3 is 12.3 Å². The second-order valence-electron chi connectivity index (χ2n) is 9.54. The number of carbonyl (C=O) groups excluding carboxylic acids is 2. The Morgan fingerprint density at radius 2 is 1.89 bits per heavy atom. The first kappa shape index (κ1) is 26.0. The van der Waals surface area contributed by atoms with E-state index in [1.54, 1.807) is 32.9 Å². The maximum atomic E-state index is 14.2. The fourth-order valence-corrected chi connectivity index (χ4v) is 3.93. The number of anilines is 1. The molecule has 196 valence electrons. The summed E-state index contributed by atoms with van der Waals surface area (Å²) >= 11 is 0. The highest BCUT2D eigenvalue weighted by molar-refractivity contribution is 5.94. The molecule has 13 heteroatoms. The second kappa shape index (κ2) is 10.1. The van der Waals surface area contributed by atoms with Crippen LogP contribution in [0.25, 0.3) is 11.3 Å². The fourth-order valence-electron chi connectivity index (χ4n) is 3.93. The summed E-state index contributed by atoms with van der Waals surface area (Å²) in [6.07, 6.45) is -0.413. The monoisotopic (exact) mass is 517 g/mol. The number of pyridine rings is 1. The van der Waals surface area contributed by atoms with E-state index in [1.165, 1.54) is 35.6 Å². The summed E-state index contributed by atoms with van der Waals surface area (Å²) in [5.41, 5.74) is -1.60. The average Bonchev–Trinajstić information content (AvgIpc) is 3.30. The number of carbonyl (C=O) groups is 2. The predicted octanol–water partition coefficient (Wildman–Crippen LogP) is 4.20. The van der Waals surface area contributed by atoms with Crippen LogP contribution in [0.15, 0.2) is 48.9 Å². The van der Waals surface area contributed by atoms with Crippen LogP contribution in [0.3, 0.4) is 0 Å². The zero-order valence-electron chi connectivity index (χ0n) is 20.5. The predicted molar refractivity (Wildman–Crippen MR) is 126 cm³/mol. The molecule has 0 saturated carbocycles. The molecular formula is C24H26F3N7O3. The molecule has 3 aromatic rings. The maximum absolute atomic E-state index is 14.2. The van der Waals surface area contributed by atoms with Gasteiger partial charge in [0.1, 0.15) is 5.60 Å². The summed E-state index contributed by atoms with van der Waals surface area (Å²) in [5, 5.41) is 12.5. The number of ether oxygens (including phenoxy) is 1. The molecule has 0 aromatic carbocycles. The normalized spacial score (nSPS) is 16.4. The van der Waals surface area contributed by atoms with Crippen molar-refractivity contribution in [3.8, 4) is 11.3 Å². The van der Waals surface area contributed by atoms with E-state index >= 15 is 0 Å². The van der Waals surface area contributed by atoms with Gasteiger partial charge in [-0.2, -0.15) is 33.2 Å². The van der Waals surface area contributed by atoms with Crippen LogP contribution in [-0.4, -0.2) is 60.7 Å². The molecule has 1 saturated heterocycles. The summed E-state index contributed by atoms with van der Waals surface area (Å²) in [6.45, 7) is 5.52. The van der Waals surface area contributed by atoms with Crippen molar-refractivity contribution in [2.24, 2.45) is 5.92 Å². The number of halogens is 3. The van der Waals surface area contributed by atoms with Crippen molar-refractivity contribution in [3.63, 3.8) is 0 Å². The Hall–Kier alpha value is -4.03. The Bertz CT molecular complexity index is 1240. The minimum atomic E-state index is -4.84. The first-order valence-corrected chi connectivity index (χ1v) is 11.6. The van der Waals surface area contributed by atoms with Crippen LogP contribution >= 0.6 is 0 Å². The summed E-state index contributed by atoms with van der Waals surface area (Å²) in [5.74, 6) is -1.68. The van der Waals surface area contributed by atoms with Crippen LogP contribution in [0.4, 0.5) is 23.8 Å². The topological polar surface area (TPSA) is 106 Å². The van der Waals surface area contributed by atoms with Gasteiger partial charge in [0.15, 0.2) is 11.5 Å². The van der Waals surface area contributed by atoms with Crippen molar-refractivity contribution in [2.75, 3.05) is 18.1 Å². The molecule has 37 heavy (non-hydrogen) atoms. The van der Waals surface area contributed by atoms with Gasteiger partial charge < -0.3 is 9.64 Å². The van der Waals surface area contributed by atoms with Crippen LogP contribution in [0.2, 0.25) is 0 Å². The summed E-state index contributed by atoms with van der Waals surface area (Å²) in [7, 11) is 0. The maximum Gasteiger partial charge on any atom is 0.435 e. The number of likely N-dealkylation sites (tertiary alicyclic amines) is 1. The number of amides is 2. The van der Waals surface area contributed by atoms with Crippen LogP contribution in [0.5, 0.6) is 0 Å². The van der Waals surface area contributed by atoms with Crippen LogP contribution in [-0.2, 0) is 15.7 Å². The van der Waals surface area contributed by atoms with E-state index in [0.29, 0.717) is 29.7 Å². The van der Waals surface area contributed by atoms with E-state index in [-0.39, 0.29) is 18.1 Å². The number of hydrogen-bond acceptors (Lipinski definition) is 7. The van der Waals surface area contributed by atoms with Gasteiger partial charge in [-0.1, -0.05) is 0 Å². The molecule has 1 fully saturated rings. The number of aromatic nitrogens is 5. The number of alkyl halides is 3. The van der Waals surface area contributed by atoms with Gasteiger partial charge in [-0.25, -0.2) is 4.79 Å². The lowest BCUT2D eigenvalue weighted by Gasteiger charge is -2.35. The number of rotatable bonds is 4. The molecule has 0 bridgehead atoms. The Labute approximate surface area is 211 Å². The third kappa shape index (κ3) is 6.04. The highest BCUT2D eigenvalue weighted by atomic mass is 19.4. The molecule has 3 aromatic heterocycles. The van der Waals surface area contributed by atoms with E-state index < -0.39 is 35.4 Å². The lowest BCUT2D eigenvalue weighted by Crippen LogP contribution is -2.50. The Balaban J connectivity index is 1.74. The second-order valence-corrected chi connectivity index (χ2v) is 9.54. The van der Waals surface area contributed by atoms with Crippen molar-refractivity contribution in [3.05, 3.63) is 54.6 Å². The summed E-state index contributed by atoms with van der Waals surface area (Å²) < 4.78 is 47.9. The first-order chi connectivity index (χ1) is 17.4. The summed E-state index contributed by atoms with van der Waals surface area (Å²) in [4.78, 5) is 32.3. The SMILES string of the molecule is CC(C)(C)OC(=O)N1CCCC(C(=O)N(c2cccnn2)n2nc(-c3cccnc3)cc2C(F)(F)F)C1. The molecule has 1 unspecified atom stereocenters. The molecular weight excluding hydrogens is 491 g/mol. The minimum absolute atomic E-state index is 0.0252. The van der Waals surface area contributed by atoms with Gasteiger partial charge in [0.2, 0.25) is 0 Å². The third-order valence-electron chi connectivity index (χ3n) is 5.53. The van der Waals surface area contributed by atoms with E-state index in [9.17, 15) is 22.8 Å². The standard InChI is InChI=1S/C24H26F3N7O3/c1-23(2,3)37-22(36)32-12-6-8-17(15-32)21(35)33(20-9-5-11-29-30-20)34-19(24(25,26)27)13-18(31-34)16-7-4-10-28-14-16/h4-5,7,9-11,13-14,17H,6,8,12,15H2,1-3H3. The first-order valence-electron chi connectivity index (χ1n) is 11.6. The quantitative estimate of drug-likeness (QED) is 0.511. The van der Waals surface area contributed by atoms with E-state index in [1.807, 2.05) is 0 Å². The van der Waals surface area contributed by atoms with E-state index in [0.717, 1.165) is 11.1 Å². The number of nitrogens with zero attached hydrogens (tertiary/aromatic N) is 7. The minimum Gasteiger partial charge on any atom is -0.444 e. The third-order valence-corrected chi connectivity index (χ3v) is 5.53. The molecule has 1 atom stereocenters. The highest BCUT2D eigenvalue weighted by Crippen LogP contribution is 2.34. The van der Waals surface area contributed by atoms with Gasteiger partial charge in [0.25, 0.3) is 5.91 Å². The molecule has 2 amide bonds. The van der Waals surface area contributed by atoms with Gasteiger partial charge in [0, 0.05) is 37.2 Å². The van der Waals surface area contributed by atoms with Crippen LogP contribution < -0.4 is 5.01 Å². The summed E-state index contributed by atoms with van der Waals surface area (Å²) in [6, 6.07) is 6.80. The molecule has 0 radical (unpaired) electrons. The van der Waals surface area contributed by atoms with Gasteiger partial charge in [0.05, 0.1) is 11.6 Å². The molecule has 4 rings (SSSR count). The fraction of sp³-hybridized carbons (Fsp3) is 0.417. The van der Waals surface area contributed by atoms with E-state index in [2.05, 4.69) is 20.3 Å². The molecule has 4 heterocycles. The smallest absolute Gasteiger partial charge is 0.435 e.